The second kappa shape index (κ2) is 65.8. The fourth-order valence-electron chi connectivity index (χ4n) is 14.6. The molecule has 610 valence electrons. The summed E-state index contributed by atoms with van der Waals surface area (Å²) in [5, 5.41) is 14.1. The van der Waals surface area contributed by atoms with Crippen molar-refractivity contribution in [2.45, 2.75) is 358 Å². The Hall–Kier alpha value is -5.30. The minimum atomic E-state index is -0.134. The number of carbonyl (C=O) groups excluding carboxylic acids is 10. The van der Waals surface area contributed by atoms with Gasteiger partial charge in [0.15, 0.2) is 0 Å². The Morgan fingerprint density at radius 1 is 0.219 bits per heavy atom. The van der Waals surface area contributed by atoms with E-state index in [0.717, 1.165) is 64.8 Å². The maximum absolute atomic E-state index is 11.9. The second-order valence-electron chi connectivity index (χ2n) is 30.6. The van der Waals surface area contributed by atoms with Crippen LogP contribution in [-0.2, 0) is 47.9 Å². The van der Waals surface area contributed by atoms with E-state index in [1.165, 1.54) is 225 Å². The number of likely N-dealkylation sites (tertiary alicyclic amines) is 5. The number of amides is 10. The van der Waals surface area contributed by atoms with E-state index in [9.17, 15) is 47.9 Å². The van der Waals surface area contributed by atoms with Crippen LogP contribution in [0.4, 0.5) is 0 Å². The van der Waals surface area contributed by atoms with Crippen molar-refractivity contribution in [1.29, 1.82) is 0 Å². The van der Waals surface area contributed by atoms with Gasteiger partial charge in [-0.1, -0.05) is 259 Å². The first kappa shape index (κ1) is 97.7. The molecule has 105 heavy (non-hydrogen) atoms. The normalized spacial score (nSPS) is 18.3. The maximum atomic E-state index is 11.9. The lowest BCUT2D eigenvalue weighted by Gasteiger charge is -2.16. The van der Waals surface area contributed by atoms with Crippen LogP contribution < -0.4 is 26.6 Å². The van der Waals surface area contributed by atoms with Gasteiger partial charge < -0.3 is 51.1 Å². The molecule has 5 fully saturated rings. The lowest BCUT2D eigenvalue weighted by Crippen LogP contribution is -2.33. The third-order valence-corrected chi connectivity index (χ3v) is 21.1. The zero-order valence-electron chi connectivity index (χ0n) is 69.1. The number of rotatable bonds is 55. The van der Waals surface area contributed by atoms with Crippen LogP contribution in [0.1, 0.15) is 358 Å². The summed E-state index contributed by atoms with van der Waals surface area (Å²) in [6.07, 6.45) is 53.0. The van der Waals surface area contributed by atoms with E-state index in [1.807, 2.05) is 59.1 Å². The highest BCUT2D eigenvalue weighted by atomic mass is 16.2. The Kier molecular flexibility index (Phi) is 61.2. The van der Waals surface area contributed by atoms with Crippen LogP contribution in [0.15, 0.2) is 0 Å². The van der Waals surface area contributed by atoms with Crippen molar-refractivity contribution in [2.24, 2.45) is 29.6 Å². The maximum Gasteiger partial charge on any atom is 0.225 e. The Balaban J connectivity index is 0.000000657. The molecule has 5 N–H and O–H groups in total. The molecule has 5 aliphatic rings. The molecule has 0 aliphatic carbocycles. The minimum Gasteiger partial charge on any atom is -0.356 e. The van der Waals surface area contributed by atoms with Crippen LogP contribution in [0.25, 0.3) is 0 Å². The molecule has 0 aromatic carbocycles. The summed E-state index contributed by atoms with van der Waals surface area (Å²) >= 11 is 0. The highest BCUT2D eigenvalue weighted by Gasteiger charge is 2.37. The molecule has 10 amide bonds. The van der Waals surface area contributed by atoms with Crippen LogP contribution in [0, 0.1) is 29.6 Å². The van der Waals surface area contributed by atoms with Crippen molar-refractivity contribution in [2.75, 3.05) is 98.2 Å². The van der Waals surface area contributed by atoms with Crippen molar-refractivity contribution < 1.29 is 47.9 Å². The summed E-state index contributed by atoms with van der Waals surface area (Å²) in [7, 11) is 0. The van der Waals surface area contributed by atoms with E-state index in [4.69, 9.17) is 0 Å². The molecule has 5 unspecified atom stereocenters. The van der Waals surface area contributed by atoms with Crippen molar-refractivity contribution in [3.8, 4) is 0 Å². The molecule has 5 aliphatic heterocycles. The van der Waals surface area contributed by atoms with Gasteiger partial charge in [0.05, 0.1) is 29.6 Å². The zero-order valence-corrected chi connectivity index (χ0v) is 69.1. The topological polar surface area (TPSA) is 247 Å². The van der Waals surface area contributed by atoms with Gasteiger partial charge in [-0.3, -0.25) is 47.9 Å². The molecule has 0 spiro atoms. The third kappa shape index (κ3) is 47.3. The molecule has 0 aromatic heterocycles. The fraction of sp³-hybridized carbons (Fsp3) is 0.882. The summed E-state index contributed by atoms with van der Waals surface area (Å²) in [6.45, 7) is 31.1. The second-order valence-corrected chi connectivity index (χ2v) is 30.6. The van der Waals surface area contributed by atoms with Gasteiger partial charge in [-0.25, -0.2) is 0 Å². The van der Waals surface area contributed by atoms with Crippen LogP contribution in [0.3, 0.4) is 0 Å². The number of unbranched alkanes of at least 4 members (excludes halogenated alkanes) is 35. The highest BCUT2D eigenvalue weighted by Crippen LogP contribution is 2.25. The van der Waals surface area contributed by atoms with Crippen LogP contribution in [0.5, 0.6) is 0 Å². The summed E-state index contributed by atoms with van der Waals surface area (Å²) in [4.78, 5) is 127. The molecule has 20 heteroatoms. The minimum absolute atomic E-state index is 0.0290. The standard InChI is InChI=1S/C19H36N2O2.C18H34N2O2.C17H32N2O2.C16H30N2O2.C15H28N2O2/c1-3-5-6-7-8-9-10-11-12-13-14-21-16-17(15-18(21)22)19(23)20-4-2;1-3-5-6-7-8-9-10-11-12-13-20-15-16(14-17(20)21)18(22)19-4-2;1-3-5-6-7-8-9-10-11-12-19-14-15(13-16(19)20)17(21)18-4-2;1-3-5-6-7-8-9-10-11-18-13-14(12-15(18)19)16(20)17-4-2;1-3-5-6-7-8-9-10-17-12-13(11-14(17)18)15(19)16-4-2/h17H,3-16H2,1-2H3,(H,20,23);16H,3-15H2,1-2H3,(H,19,22);15H,3-14H2,1-2H3,(H,18,21);14H,3-13H2,1-2H3,(H,17,20);13H,3-12H2,1-2H3,(H,16,19). The van der Waals surface area contributed by atoms with Gasteiger partial charge in [0.1, 0.15) is 0 Å². The molecule has 0 bridgehead atoms. The summed E-state index contributed by atoms with van der Waals surface area (Å²) in [5.74, 6) is 0.229. The lowest BCUT2D eigenvalue weighted by molar-refractivity contribution is -0.129. The predicted octanol–water partition coefficient (Wildman–Crippen LogP) is 15.6. The van der Waals surface area contributed by atoms with Crippen LogP contribution >= 0.6 is 0 Å². The first-order chi connectivity index (χ1) is 50.9. The smallest absolute Gasteiger partial charge is 0.225 e. The van der Waals surface area contributed by atoms with Crippen molar-refractivity contribution in [3.05, 3.63) is 0 Å². The molecule has 20 nitrogen and oxygen atoms in total. The summed E-state index contributed by atoms with van der Waals surface area (Å²) < 4.78 is 0. The van der Waals surface area contributed by atoms with Gasteiger partial charge in [-0.15, -0.1) is 0 Å². The van der Waals surface area contributed by atoms with Crippen LogP contribution in [-0.4, -0.2) is 182 Å². The molecule has 5 saturated heterocycles. The molecular weight excluding hydrogens is 1320 g/mol. The first-order valence-electron chi connectivity index (χ1n) is 43.7. The van der Waals surface area contributed by atoms with E-state index < -0.39 is 0 Å². The summed E-state index contributed by atoms with van der Waals surface area (Å²) in [5.41, 5.74) is 0. The molecule has 0 aromatic rings. The highest BCUT2D eigenvalue weighted by molar-refractivity contribution is 5.92. The van der Waals surface area contributed by atoms with Crippen molar-refractivity contribution in [1.82, 2.24) is 51.1 Å². The fourth-order valence-corrected chi connectivity index (χ4v) is 14.6. The Bertz CT molecular complexity index is 2310. The van der Waals surface area contributed by atoms with E-state index in [0.29, 0.717) is 97.6 Å². The van der Waals surface area contributed by atoms with Gasteiger partial charge in [-0.05, 0) is 66.7 Å². The number of nitrogens with zero attached hydrogens (tertiary/aromatic N) is 5. The number of nitrogens with one attached hydrogen (secondary N) is 5. The van der Waals surface area contributed by atoms with Gasteiger partial charge in [-0.2, -0.15) is 0 Å². The monoisotopic (exact) mass is 1480 g/mol. The average molecular weight is 1480 g/mol. The van der Waals surface area contributed by atoms with E-state index in [1.54, 1.807) is 0 Å². The number of carbonyl (C=O) groups is 10. The molecule has 5 atom stereocenters. The Morgan fingerprint density at radius 2 is 0.343 bits per heavy atom. The van der Waals surface area contributed by atoms with Gasteiger partial charge >= 0.3 is 0 Å². The molecule has 0 saturated carbocycles. The SMILES string of the molecule is CCCCCCCCCCCCN1CC(C(=O)NCC)CC1=O.CCCCCCCCCCCN1CC(C(=O)NCC)CC1=O.CCCCCCCCCCN1CC(C(=O)NCC)CC1=O.CCCCCCCCCN1CC(C(=O)NCC)CC1=O.CCCCCCCCN1CC(C(=O)NCC)CC1=O. The molecule has 5 heterocycles. The Morgan fingerprint density at radius 3 is 0.467 bits per heavy atom. The number of hydrogen-bond donors (Lipinski definition) is 5. The Labute approximate surface area is 641 Å². The van der Waals surface area contributed by atoms with Gasteiger partial charge in [0.2, 0.25) is 59.1 Å². The van der Waals surface area contributed by atoms with Gasteiger partial charge in [0.25, 0.3) is 0 Å². The van der Waals surface area contributed by atoms with Crippen molar-refractivity contribution in [3.63, 3.8) is 0 Å². The molecule has 5 rings (SSSR count). The quantitative estimate of drug-likeness (QED) is 0.0360. The largest absolute Gasteiger partial charge is 0.356 e. The van der Waals surface area contributed by atoms with E-state index in [-0.39, 0.29) is 88.7 Å². The molecule has 0 radical (unpaired) electrons. The van der Waals surface area contributed by atoms with E-state index in [2.05, 4.69) is 61.2 Å². The predicted molar refractivity (Wildman–Crippen MR) is 430 cm³/mol. The molecular formula is C85H160N10O10. The lowest BCUT2D eigenvalue weighted by atomic mass is 10.1. The average Bonchev–Trinajstić information content (AvgIpc) is 1.76. The first-order valence-corrected chi connectivity index (χ1v) is 43.7. The van der Waals surface area contributed by atoms with Crippen molar-refractivity contribution >= 4 is 59.1 Å². The van der Waals surface area contributed by atoms with Crippen LogP contribution in [0.2, 0.25) is 0 Å². The third-order valence-electron chi connectivity index (χ3n) is 21.1. The number of hydrogen-bond acceptors (Lipinski definition) is 10. The van der Waals surface area contributed by atoms with Gasteiger partial charge in [0, 0.05) is 130 Å². The zero-order chi connectivity index (χ0) is 77.5. The summed E-state index contributed by atoms with van der Waals surface area (Å²) in [6, 6.07) is 0. The van der Waals surface area contributed by atoms with E-state index >= 15 is 0 Å².